The molecule has 0 saturated heterocycles. The van der Waals surface area contributed by atoms with Crippen LogP contribution in [0.3, 0.4) is 0 Å². The van der Waals surface area contributed by atoms with Crippen LogP contribution in [0.25, 0.3) is 11.1 Å². The van der Waals surface area contributed by atoms with E-state index in [2.05, 4.69) is 17.2 Å². The minimum Gasteiger partial charge on any atom is -0.423 e. The van der Waals surface area contributed by atoms with Crippen LogP contribution >= 0.6 is 0 Å². The van der Waals surface area contributed by atoms with E-state index < -0.39 is 4.92 Å². The highest BCUT2D eigenvalue weighted by atomic mass is 16.6. The van der Waals surface area contributed by atoms with Gasteiger partial charge in [-0.25, -0.2) is 0 Å². The Bertz CT molecular complexity index is 605. The van der Waals surface area contributed by atoms with Gasteiger partial charge in [0.25, 0.3) is 11.7 Å². The zero-order chi connectivity index (χ0) is 15.2. The van der Waals surface area contributed by atoms with Crippen molar-refractivity contribution in [3.05, 3.63) is 28.3 Å². The molecule has 0 saturated carbocycles. The average molecular weight is 293 g/mol. The van der Waals surface area contributed by atoms with Gasteiger partial charge in [0, 0.05) is 19.2 Å². The second-order valence-electron chi connectivity index (χ2n) is 4.95. The fourth-order valence-electron chi connectivity index (χ4n) is 2.33. The Morgan fingerprint density at radius 2 is 2.29 bits per heavy atom. The Balaban J connectivity index is 2.12. The molecule has 7 nitrogen and oxygen atoms in total. The van der Waals surface area contributed by atoms with Gasteiger partial charge in [0.1, 0.15) is 0 Å². The monoisotopic (exact) mass is 293 g/mol. The lowest BCUT2D eigenvalue weighted by molar-refractivity contribution is -0.383. The largest absolute Gasteiger partial charge is 0.423 e. The Kier molecular flexibility index (Phi) is 5.10. The summed E-state index contributed by atoms with van der Waals surface area (Å²) in [6.45, 7) is 2.85. The van der Waals surface area contributed by atoms with Gasteiger partial charge in [0.2, 0.25) is 0 Å². The highest BCUT2D eigenvalue weighted by Crippen LogP contribution is 2.27. The number of nitrogens with one attached hydrogen (secondary N) is 1. The molecule has 0 aliphatic rings. The molecular weight excluding hydrogens is 274 g/mol. The maximum Gasteiger partial charge on any atom is 0.298 e. The average Bonchev–Trinajstić information content (AvgIpc) is 2.87. The first-order valence-corrected chi connectivity index (χ1v) is 7.04. The number of anilines is 1. The van der Waals surface area contributed by atoms with E-state index in [-0.39, 0.29) is 23.8 Å². The summed E-state index contributed by atoms with van der Waals surface area (Å²) in [5.74, 6) is 0.324. The van der Waals surface area contributed by atoms with Crippen LogP contribution in [0.4, 0.5) is 11.7 Å². The van der Waals surface area contributed by atoms with Crippen molar-refractivity contribution in [2.75, 3.05) is 18.5 Å². The van der Waals surface area contributed by atoms with Crippen LogP contribution in [0.2, 0.25) is 0 Å². The second kappa shape index (κ2) is 7.03. The van der Waals surface area contributed by atoms with Crippen LogP contribution in [-0.2, 0) is 0 Å². The third kappa shape index (κ3) is 3.69. The van der Waals surface area contributed by atoms with Gasteiger partial charge < -0.3 is 14.8 Å². The van der Waals surface area contributed by atoms with Gasteiger partial charge in [-0.05, 0) is 24.8 Å². The molecule has 0 radical (unpaired) electrons. The van der Waals surface area contributed by atoms with E-state index in [1.54, 1.807) is 12.1 Å². The fourth-order valence-corrected chi connectivity index (χ4v) is 2.33. The van der Waals surface area contributed by atoms with Gasteiger partial charge >= 0.3 is 0 Å². The highest BCUT2D eigenvalue weighted by Gasteiger charge is 2.17. The molecule has 1 atom stereocenters. The van der Waals surface area contributed by atoms with E-state index in [4.69, 9.17) is 9.52 Å². The smallest absolute Gasteiger partial charge is 0.298 e. The molecule has 2 rings (SSSR count). The van der Waals surface area contributed by atoms with E-state index >= 15 is 0 Å². The van der Waals surface area contributed by atoms with E-state index in [0.29, 0.717) is 24.5 Å². The van der Waals surface area contributed by atoms with E-state index in [1.807, 2.05) is 0 Å². The molecule has 1 aromatic heterocycles. The number of aliphatic hydroxyl groups is 1. The topological polar surface area (TPSA) is 101 Å². The number of aromatic nitrogens is 1. The van der Waals surface area contributed by atoms with Gasteiger partial charge in [-0.3, -0.25) is 10.1 Å². The second-order valence-corrected chi connectivity index (χ2v) is 4.95. The number of nitrogens with zero attached hydrogens (tertiary/aromatic N) is 2. The number of fused-ring (bicyclic) bond motifs is 1. The quantitative estimate of drug-likeness (QED) is 0.573. The van der Waals surface area contributed by atoms with Crippen molar-refractivity contribution in [3.8, 4) is 0 Å². The van der Waals surface area contributed by atoms with Crippen molar-refractivity contribution in [1.82, 2.24) is 4.98 Å². The first-order chi connectivity index (χ1) is 10.2. The van der Waals surface area contributed by atoms with Crippen molar-refractivity contribution in [2.24, 2.45) is 5.92 Å². The predicted molar refractivity (Wildman–Crippen MR) is 79.3 cm³/mol. The highest BCUT2D eigenvalue weighted by molar-refractivity contribution is 5.83. The molecule has 0 aliphatic carbocycles. The van der Waals surface area contributed by atoms with Crippen LogP contribution < -0.4 is 5.32 Å². The molecule has 1 heterocycles. The van der Waals surface area contributed by atoms with Crippen molar-refractivity contribution < 1.29 is 14.4 Å². The Hall–Kier alpha value is -2.15. The summed E-state index contributed by atoms with van der Waals surface area (Å²) < 4.78 is 5.48. The van der Waals surface area contributed by atoms with E-state index in [9.17, 15) is 10.1 Å². The lowest BCUT2D eigenvalue weighted by Gasteiger charge is -2.14. The molecule has 1 unspecified atom stereocenters. The molecule has 7 heteroatoms. The standard InChI is InChI=1S/C14H19N3O4/c1-2-4-10(7-8-18)9-15-14-16-13-11(17(19)20)5-3-6-12(13)21-14/h3,5-6,10,18H,2,4,7-9H2,1H3,(H,15,16). The zero-order valence-electron chi connectivity index (χ0n) is 11.9. The van der Waals surface area contributed by atoms with Crippen LogP contribution in [-0.4, -0.2) is 28.2 Å². The van der Waals surface area contributed by atoms with Crippen LogP contribution in [0, 0.1) is 16.0 Å². The van der Waals surface area contributed by atoms with E-state index in [0.717, 1.165) is 12.8 Å². The third-order valence-corrected chi connectivity index (χ3v) is 3.37. The first kappa shape index (κ1) is 15.2. The number of nitro groups is 1. The zero-order valence-corrected chi connectivity index (χ0v) is 11.9. The summed E-state index contributed by atoms with van der Waals surface area (Å²) in [5.41, 5.74) is 0.574. The first-order valence-electron chi connectivity index (χ1n) is 7.04. The lowest BCUT2D eigenvalue weighted by Crippen LogP contribution is -2.15. The summed E-state index contributed by atoms with van der Waals surface area (Å²) in [6.07, 6.45) is 2.74. The molecule has 1 aromatic carbocycles. The summed E-state index contributed by atoms with van der Waals surface area (Å²) >= 11 is 0. The van der Waals surface area contributed by atoms with Crippen molar-refractivity contribution >= 4 is 22.8 Å². The summed E-state index contributed by atoms with van der Waals surface area (Å²) in [6, 6.07) is 4.90. The number of hydrogen-bond acceptors (Lipinski definition) is 6. The molecule has 0 spiro atoms. The van der Waals surface area contributed by atoms with Crippen molar-refractivity contribution in [1.29, 1.82) is 0 Å². The summed E-state index contributed by atoms with van der Waals surface area (Å²) in [7, 11) is 0. The third-order valence-electron chi connectivity index (χ3n) is 3.37. The normalized spacial score (nSPS) is 12.5. The molecule has 21 heavy (non-hydrogen) atoms. The summed E-state index contributed by atoms with van der Waals surface area (Å²) in [4.78, 5) is 14.6. The number of rotatable bonds is 8. The SMILES string of the molecule is CCCC(CCO)CNc1nc2c([N+](=O)[O-])cccc2o1. The molecule has 0 bridgehead atoms. The van der Waals surface area contributed by atoms with Gasteiger partial charge in [-0.2, -0.15) is 4.98 Å². The molecule has 0 aliphatic heterocycles. The van der Waals surface area contributed by atoms with Crippen molar-refractivity contribution in [3.63, 3.8) is 0 Å². The number of benzene rings is 1. The van der Waals surface area contributed by atoms with Gasteiger partial charge in [-0.15, -0.1) is 0 Å². The minimum absolute atomic E-state index is 0.0650. The molecule has 114 valence electrons. The van der Waals surface area contributed by atoms with Crippen molar-refractivity contribution in [2.45, 2.75) is 26.2 Å². The molecule has 0 amide bonds. The number of hydrogen-bond donors (Lipinski definition) is 2. The number of para-hydroxylation sites is 1. The van der Waals surface area contributed by atoms with Crippen LogP contribution in [0.1, 0.15) is 26.2 Å². The molecule has 2 N–H and O–H groups in total. The van der Waals surface area contributed by atoms with E-state index in [1.165, 1.54) is 6.07 Å². The molecular formula is C14H19N3O4. The maximum absolute atomic E-state index is 10.9. The van der Waals surface area contributed by atoms with Gasteiger partial charge in [0.05, 0.1) is 4.92 Å². The number of nitro benzene ring substituents is 1. The Morgan fingerprint density at radius 1 is 1.48 bits per heavy atom. The fraction of sp³-hybridized carbons (Fsp3) is 0.500. The number of oxazole rings is 1. The van der Waals surface area contributed by atoms with Gasteiger partial charge in [-0.1, -0.05) is 19.4 Å². The number of aliphatic hydroxyl groups excluding tert-OH is 1. The van der Waals surface area contributed by atoms with Crippen LogP contribution in [0.5, 0.6) is 0 Å². The van der Waals surface area contributed by atoms with Crippen LogP contribution in [0.15, 0.2) is 22.6 Å². The van der Waals surface area contributed by atoms with Gasteiger partial charge in [0.15, 0.2) is 11.1 Å². The molecule has 0 fully saturated rings. The Labute approximate surface area is 122 Å². The maximum atomic E-state index is 10.9. The Morgan fingerprint density at radius 3 is 2.95 bits per heavy atom. The lowest BCUT2D eigenvalue weighted by atomic mass is 10.0. The number of non-ortho nitro benzene ring substituents is 1. The summed E-state index contributed by atoms with van der Waals surface area (Å²) in [5, 5.41) is 23.0. The molecule has 2 aromatic rings. The predicted octanol–water partition coefficient (Wildman–Crippen LogP) is 2.95. The minimum atomic E-state index is -0.472.